The molecule has 1 aliphatic heterocycles. The number of alkyl halides is 6. The van der Waals surface area contributed by atoms with Gasteiger partial charge in [0, 0.05) is 25.9 Å². The molecule has 10 heteroatoms. The molecule has 1 aliphatic carbocycles. The molecule has 1 saturated heterocycles. The number of benzene rings is 1. The molecule has 1 amide bonds. The number of halogens is 6. The molecule has 178 valence electrons. The summed E-state index contributed by atoms with van der Waals surface area (Å²) in [6.07, 6.45) is -6.12. The van der Waals surface area contributed by atoms with Crippen LogP contribution in [0.4, 0.5) is 26.3 Å². The maximum absolute atomic E-state index is 13.0. The number of carbonyl (C=O) groups excluding carboxylic acids is 2. The monoisotopic (exact) mass is 464 g/mol. The number of nitrogens with two attached hydrogens (primary N) is 1. The van der Waals surface area contributed by atoms with Crippen molar-refractivity contribution in [3.8, 4) is 0 Å². The Morgan fingerprint density at radius 1 is 0.938 bits per heavy atom. The molecule has 2 fully saturated rings. The van der Waals surface area contributed by atoms with Gasteiger partial charge in [0.1, 0.15) is 5.78 Å². The number of Topliss-reactive ketones (excluding diaryl/α,β-unsaturated/α-hetero) is 1. The fraction of sp³-hybridized carbons (Fsp3) is 0.636. The molecule has 0 bridgehead atoms. The molecule has 0 spiro atoms. The molecule has 3 rings (SSSR count). The first-order valence-electron chi connectivity index (χ1n) is 10.7. The van der Waals surface area contributed by atoms with Crippen LogP contribution in [0.2, 0.25) is 0 Å². The zero-order valence-corrected chi connectivity index (χ0v) is 17.5. The van der Waals surface area contributed by atoms with E-state index in [1.54, 1.807) is 4.90 Å². The highest BCUT2D eigenvalue weighted by atomic mass is 19.4. The smallest absolute Gasteiger partial charge is 0.341 e. The fourth-order valence-corrected chi connectivity index (χ4v) is 4.62. The van der Waals surface area contributed by atoms with Crippen molar-refractivity contribution in [3.05, 3.63) is 34.9 Å². The van der Waals surface area contributed by atoms with Crippen molar-refractivity contribution in [2.45, 2.75) is 69.3 Å². The highest BCUT2D eigenvalue weighted by molar-refractivity contribution is 5.86. The second kappa shape index (κ2) is 9.03. The van der Waals surface area contributed by atoms with Gasteiger partial charge in [-0.1, -0.05) is 12.8 Å². The summed E-state index contributed by atoms with van der Waals surface area (Å²) in [4.78, 5) is 26.8. The number of carbonyl (C=O) groups is 2. The van der Waals surface area contributed by atoms with E-state index in [9.17, 15) is 35.9 Å². The molecular formula is C22H26F6N2O2. The van der Waals surface area contributed by atoms with Crippen LogP contribution in [0.1, 0.15) is 61.6 Å². The zero-order chi connectivity index (χ0) is 23.7. The predicted octanol–water partition coefficient (Wildman–Crippen LogP) is 4.74. The van der Waals surface area contributed by atoms with Crippen LogP contribution in [0.3, 0.4) is 0 Å². The Labute approximate surface area is 182 Å². The summed E-state index contributed by atoms with van der Waals surface area (Å²) in [5.74, 6) is -0.575. The Bertz CT molecular complexity index is 819. The molecule has 0 aromatic heterocycles. The van der Waals surface area contributed by atoms with E-state index in [1.807, 2.05) is 0 Å². The van der Waals surface area contributed by atoms with Crippen molar-refractivity contribution in [1.29, 1.82) is 0 Å². The van der Waals surface area contributed by atoms with E-state index in [0.717, 1.165) is 12.8 Å². The normalized spacial score (nSPS) is 19.9. The van der Waals surface area contributed by atoms with E-state index < -0.39 is 41.2 Å². The third kappa shape index (κ3) is 5.82. The number of piperidine rings is 1. The lowest BCUT2D eigenvalue weighted by atomic mass is 9.88. The second-order valence-corrected chi connectivity index (χ2v) is 8.93. The molecule has 4 nitrogen and oxygen atoms in total. The van der Waals surface area contributed by atoms with E-state index >= 15 is 0 Å². The summed E-state index contributed by atoms with van der Waals surface area (Å²) in [5, 5.41) is 0. The van der Waals surface area contributed by atoms with Gasteiger partial charge < -0.3 is 10.6 Å². The highest BCUT2D eigenvalue weighted by Crippen LogP contribution is 2.37. The number of rotatable bonds is 5. The van der Waals surface area contributed by atoms with Gasteiger partial charge in [0.2, 0.25) is 5.91 Å². The van der Waals surface area contributed by atoms with Crippen LogP contribution in [0.5, 0.6) is 0 Å². The first-order chi connectivity index (χ1) is 14.8. The van der Waals surface area contributed by atoms with Gasteiger partial charge in [0.05, 0.1) is 16.7 Å². The molecule has 0 radical (unpaired) electrons. The molecule has 1 aromatic rings. The summed E-state index contributed by atoms with van der Waals surface area (Å²) in [6.45, 7) is 0.884. The Balaban J connectivity index is 1.59. The summed E-state index contributed by atoms with van der Waals surface area (Å²) < 4.78 is 78.0. The summed E-state index contributed by atoms with van der Waals surface area (Å²) in [7, 11) is 0. The summed E-state index contributed by atoms with van der Waals surface area (Å²) in [5.41, 5.74) is 2.24. The van der Waals surface area contributed by atoms with Crippen molar-refractivity contribution in [2.75, 3.05) is 13.1 Å². The maximum atomic E-state index is 13.0. The Hall–Kier alpha value is -2.10. The van der Waals surface area contributed by atoms with Gasteiger partial charge in [-0.15, -0.1) is 0 Å². The molecule has 0 unspecified atom stereocenters. The molecule has 1 saturated carbocycles. The topological polar surface area (TPSA) is 63.4 Å². The van der Waals surface area contributed by atoms with Gasteiger partial charge in [0.25, 0.3) is 0 Å². The lowest BCUT2D eigenvalue weighted by Crippen LogP contribution is -2.55. The predicted molar refractivity (Wildman–Crippen MR) is 104 cm³/mol. The molecule has 1 heterocycles. The number of ketones is 1. The van der Waals surface area contributed by atoms with Gasteiger partial charge in [-0.2, -0.15) is 26.3 Å². The SMILES string of the molecule is NC1(C(=O)N2CCC(CC(=O)Cc3cc(C(F)(F)F)cc(C(F)(F)F)c3)CC2)CCCC1. The standard InChI is InChI=1S/C22H26F6N2O2/c23-21(24,25)16-9-15(10-17(13-16)22(26,27)28)12-18(31)11-14-3-7-30(8-4-14)19(32)20(29)5-1-2-6-20/h9-10,13-14H,1-8,11-12,29H2. The van der Waals surface area contributed by atoms with Gasteiger partial charge in [-0.3, -0.25) is 9.59 Å². The number of hydrogen-bond donors (Lipinski definition) is 1. The van der Waals surface area contributed by atoms with Gasteiger partial charge in [0.15, 0.2) is 0 Å². The third-order valence-electron chi connectivity index (χ3n) is 6.39. The van der Waals surface area contributed by atoms with Crippen LogP contribution in [0, 0.1) is 5.92 Å². The van der Waals surface area contributed by atoms with Crippen LogP contribution < -0.4 is 5.73 Å². The van der Waals surface area contributed by atoms with E-state index in [0.29, 0.717) is 50.9 Å². The lowest BCUT2D eigenvalue weighted by molar-refractivity contribution is -0.143. The van der Waals surface area contributed by atoms with Crippen molar-refractivity contribution in [3.63, 3.8) is 0 Å². The number of nitrogens with zero attached hydrogens (tertiary/aromatic N) is 1. The van der Waals surface area contributed by atoms with Crippen molar-refractivity contribution >= 4 is 11.7 Å². The minimum absolute atomic E-state index is 0.0490. The largest absolute Gasteiger partial charge is 0.416 e. The average molecular weight is 464 g/mol. The molecule has 2 N–H and O–H groups in total. The summed E-state index contributed by atoms with van der Waals surface area (Å²) >= 11 is 0. The van der Waals surface area contributed by atoms with Crippen molar-refractivity contribution in [1.82, 2.24) is 4.90 Å². The highest BCUT2D eigenvalue weighted by Gasteiger charge is 2.41. The first-order valence-corrected chi connectivity index (χ1v) is 10.7. The van der Waals surface area contributed by atoms with E-state index in [-0.39, 0.29) is 29.9 Å². The number of hydrogen-bond acceptors (Lipinski definition) is 3. The minimum Gasteiger partial charge on any atom is -0.341 e. The maximum Gasteiger partial charge on any atom is 0.416 e. The van der Waals surface area contributed by atoms with Crippen LogP contribution in [-0.4, -0.2) is 35.2 Å². The lowest BCUT2D eigenvalue weighted by Gasteiger charge is -2.36. The zero-order valence-electron chi connectivity index (χ0n) is 17.5. The van der Waals surface area contributed by atoms with Gasteiger partial charge in [-0.05, 0) is 55.4 Å². The molecule has 2 aliphatic rings. The van der Waals surface area contributed by atoms with Crippen LogP contribution in [0.15, 0.2) is 18.2 Å². The average Bonchev–Trinajstić information content (AvgIpc) is 3.14. The van der Waals surface area contributed by atoms with E-state index in [2.05, 4.69) is 0 Å². The quantitative estimate of drug-likeness (QED) is 0.641. The van der Waals surface area contributed by atoms with Crippen LogP contribution in [-0.2, 0) is 28.4 Å². The second-order valence-electron chi connectivity index (χ2n) is 8.93. The van der Waals surface area contributed by atoms with Crippen LogP contribution in [0.25, 0.3) is 0 Å². The fourth-order valence-electron chi connectivity index (χ4n) is 4.62. The minimum atomic E-state index is -4.95. The number of likely N-dealkylation sites (tertiary alicyclic amines) is 1. The Kier molecular flexibility index (Phi) is 6.93. The van der Waals surface area contributed by atoms with Gasteiger partial charge in [-0.25, -0.2) is 0 Å². The first kappa shape index (κ1) is 24.5. The van der Waals surface area contributed by atoms with Gasteiger partial charge >= 0.3 is 12.4 Å². The van der Waals surface area contributed by atoms with E-state index in [1.165, 1.54) is 0 Å². The summed E-state index contributed by atoms with van der Waals surface area (Å²) in [6, 6.07) is 1.24. The van der Waals surface area contributed by atoms with Crippen LogP contribution >= 0.6 is 0 Å². The number of amides is 1. The molecule has 1 aromatic carbocycles. The third-order valence-corrected chi connectivity index (χ3v) is 6.39. The van der Waals surface area contributed by atoms with Crippen molar-refractivity contribution in [2.24, 2.45) is 11.7 Å². The van der Waals surface area contributed by atoms with E-state index in [4.69, 9.17) is 5.73 Å². The molecule has 32 heavy (non-hydrogen) atoms. The molecular weight excluding hydrogens is 438 g/mol. The molecule has 0 atom stereocenters. The van der Waals surface area contributed by atoms with Crippen molar-refractivity contribution < 1.29 is 35.9 Å². The Morgan fingerprint density at radius 2 is 1.44 bits per heavy atom. The Morgan fingerprint density at radius 3 is 1.91 bits per heavy atom.